The lowest BCUT2D eigenvalue weighted by Gasteiger charge is -2.47. The number of likely N-dealkylation sites (tertiary alicyclic amines) is 2. The zero-order valence-electron chi connectivity index (χ0n) is 23.4. The number of anilines is 1. The van der Waals surface area contributed by atoms with Gasteiger partial charge in [0.1, 0.15) is 23.8 Å². The number of carbonyl (C=O) groups is 1. The highest BCUT2D eigenvalue weighted by molar-refractivity contribution is 6.36. The monoisotopic (exact) mass is 608 g/mol. The number of fused-ring (bicyclic) bond motifs is 3. The summed E-state index contributed by atoms with van der Waals surface area (Å²) >= 11 is 6.49. The summed E-state index contributed by atoms with van der Waals surface area (Å²) in [6, 6.07) is 6.06. The van der Waals surface area contributed by atoms with E-state index < -0.39 is 23.4 Å². The number of halogens is 4. The van der Waals surface area contributed by atoms with Crippen molar-refractivity contribution < 1.29 is 22.7 Å². The molecule has 0 bridgehead atoms. The van der Waals surface area contributed by atoms with Gasteiger partial charge in [0.05, 0.1) is 17.6 Å². The Labute approximate surface area is 250 Å². The number of hydrogen-bond acceptors (Lipinski definition) is 7. The van der Waals surface area contributed by atoms with E-state index in [0.717, 1.165) is 19.4 Å². The highest BCUT2D eigenvalue weighted by Crippen LogP contribution is 2.43. The molecule has 2 aromatic carbocycles. The summed E-state index contributed by atoms with van der Waals surface area (Å²) in [5.41, 5.74) is -0.201. The van der Waals surface area contributed by atoms with E-state index >= 15 is 8.78 Å². The fourth-order valence-corrected chi connectivity index (χ4v) is 6.98. The van der Waals surface area contributed by atoms with Crippen molar-refractivity contribution in [2.75, 3.05) is 38.2 Å². The first-order chi connectivity index (χ1) is 20.7. The molecule has 0 aliphatic carbocycles. The maximum absolute atomic E-state index is 16.6. The van der Waals surface area contributed by atoms with E-state index in [2.05, 4.69) is 26.4 Å². The van der Waals surface area contributed by atoms with Gasteiger partial charge in [0.15, 0.2) is 11.6 Å². The zero-order chi connectivity index (χ0) is 30.0. The van der Waals surface area contributed by atoms with Crippen LogP contribution in [-0.2, 0) is 4.79 Å². The summed E-state index contributed by atoms with van der Waals surface area (Å²) < 4.78 is 52.2. The Morgan fingerprint density at radius 1 is 1.16 bits per heavy atom. The van der Waals surface area contributed by atoms with E-state index in [9.17, 15) is 9.18 Å². The van der Waals surface area contributed by atoms with Gasteiger partial charge in [-0.1, -0.05) is 30.3 Å². The van der Waals surface area contributed by atoms with Crippen LogP contribution in [0.3, 0.4) is 0 Å². The molecule has 0 spiro atoms. The third-order valence-electron chi connectivity index (χ3n) is 8.98. The number of benzene rings is 2. The van der Waals surface area contributed by atoms with Crippen molar-refractivity contribution in [3.05, 3.63) is 65.7 Å². The Morgan fingerprint density at radius 2 is 2.00 bits per heavy atom. The van der Waals surface area contributed by atoms with Crippen molar-refractivity contribution in [3.8, 4) is 17.1 Å². The molecule has 0 radical (unpaired) electrons. The minimum atomic E-state index is -1.01. The second-order valence-corrected chi connectivity index (χ2v) is 11.8. The average Bonchev–Trinajstić information content (AvgIpc) is 3.53. The fourth-order valence-electron chi connectivity index (χ4n) is 6.70. The first-order valence-corrected chi connectivity index (χ1v) is 14.6. The maximum atomic E-state index is 16.6. The van der Waals surface area contributed by atoms with Crippen LogP contribution in [0.2, 0.25) is 5.02 Å². The predicted octanol–water partition coefficient (Wildman–Crippen LogP) is 5.52. The van der Waals surface area contributed by atoms with Crippen LogP contribution in [0.5, 0.6) is 6.01 Å². The SMILES string of the molecule is C=C(F)C(=O)N1CCC2[C@H]1CN2c1nc(OC[C@@H]2CCCN2C)nc2c(F)c(-c3cncc4cccc(Cl)c34)c(F)cc12. The summed E-state index contributed by atoms with van der Waals surface area (Å²) in [6.07, 6.45) is 5.52. The standard InChI is InChI=1S/C31H28ClF3N6O2/c1-16(33)30(42)40-10-8-23-24(40)14-41(23)29-19-11-22(34)26(20-13-36-12-17-5-3-7-21(32)25(17)20)27(35)28(19)37-31(38-29)43-15-18-6-4-9-39(18)2/h3,5,7,11-13,18,23-24H,1,4,6,8-10,14-15H2,2H3/t18-,23?,24+/m0/s1. The van der Waals surface area contributed by atoms with Gasteiger partial charge in [0.25, 0.3) is 5.91 Å². The molecule has 3 fully saturated rings. The highest BCUT2D eigenvalue weighted by atomic mass is 35.5. The van der Waals surface area contributed by atoms with Crippen molar-refractivity contribution in [3.63, 3.8) is 0 Å². The van der Waals surface area contributed by atoms with E-state index in [0.29, 0.717) is 47.7 Å². The van der Waals surface area contributed by atoms with Crippen molar-refractivity contribution in [2.45, 2.75) is 37.4 Å². The Hall–Kier alpha value is -3.96. The largest absolute Gasteiger partial charge is 0.462 e. The van der Waals surface area contributed by atoms with Crippen molar-refractivity contribution >= 4 is 45.0 Å². The molecule has 3 atom stereocenters. The van der Waals surface area contributed by atoms with Gasteiger partial charge in [0.2, 0.25) is 0 Å². The molecule has 3 aliphatic rings. The molecule has 4 aromatic rings. The molecule has 3 aliphatic heterocycles. The van der Waals surface area contributed by atoms with Crippen molar-refractivity contribution in [1.29, 1.82) is 0 Å². The highest BCUT2D eigenvalue weighted by Gasteiger charge is 2.50. The first kappa shape index (κ1) is 27.8. The molecule has 0 saturated carbocycles. The summed E-state index contributed by atoms with van der Waals surface area (Å²) in [7, 11) is 2.02. The van der Waals surface area contributed by atoms with Gasteiger partial charge in [-0.25, -0.2) is 13.2 Å². The van der Waals surface area contributed by atoms with Crippen LogP contribution in [0.1, 0.15) is 19.3 Å². The third-order valence-corrected chi connectivity index (χ3v) is 9.29. The summed E-state index contributed by atoms with van der Waals surface area (Å²) in [5, 5.41) is 1.62. The summed E-state index contributed by atoms with van der Waals surface area (Å²) in [5.74, 6) is -3.16. The minimum Gasteiger partial charge on any atom is -0.462 e. The first-order valence-electron chi connectivity index (χ1n) is 14.2. The predicted molar refractivity (Wildman–Crippen MR) is 158 cm³/mol. The molecule has 2 aromatic heterocycles. The lowest BCUT2D eigenvalue weighted by atomic mass is 9.95. The van der Waals surface area contributed by atoms with Gasteiger partial charge >= 0.3 is 6.01 Å². The smallest absolute Gasteiger partial charge is 0.319 e. The van der Waals surface area contributed by atoms with E-state index in [-0.39, 0.29) is 46.2 Å². The number of aromatic nitrogens is 3. The molecule has 1 amide bonds. The number of ether oxygens (including phenoxy) is 1. The molecule has 1 unspecified atom stereocenters. The number of likely N-dealkylation sites (N-methyl/N-ethyl adjacent to an activating group) is 1. The van der Waals surface area contributed by atoms with Crippen LogP contribution in [0.15, 0.2) is 49.1 Å². The van der Waals surface area contributed by atoms with Crippen LogP contribution >= 0.6 is 11.6 Å². The van der Waals surface area contributed by atoms with Crippen LogP contribution in [0.25, 0.3) is 32.8 Å². The molecule has 7 rings (SSSR count). The Kier molecular flexibility index (Phi) is 6.89. The Balaban J connectivity index is 1.34. The van der Waals surface area contributed by atoms with Crippen LogP contribution in [0, 0.1) is 11.6 Å². The number of nitrogens with zero attached hydrogens (tertiary/aromatic N) is 6. The van der Waals surface area contributed by atoms with Crippen LogP contribution in [-0.4, -0.2) is 82.1 Å². The molecular weight excluding hydrogens is 581 g/mol. The summed E-state index contributed by atoms with van der Waals surface area (Å²) in [4.78, 5) is 31.1. The zero-order valence-corrected chi connectivity index (χ0v) is 24.1. The van der Waals surface area contributed by atoms with E-state index in [1.165, 1.54) is 17.2 Å². The van der Waals surface area contributed by atoms with E-state index in [1.807, 2.05) is 11.9 Å². The minimum absolute atomic E-state index is 0.0279. The molecule has 3 saturated heterocycles. The molecule has 222 valence electrons. The molecule has 12 heteroatoms. The van der Waals surface area contributed by atoms with Crippen molar-refractivity contribution in [2.24, 2.45) is 0 Å². The van der Waals surface area contributed by atoms with Gasteiger partial charge < -0.3 is 19.4 Å². The van der Waals surface area contributed by atoms with Crippen LogP contribution in [0.4, 0.5) is 19.0 Å². The topological polar surface area (TPSA) is 74.7 Å². The molecule has 0 N–H and O–H groups in total. The average molecular weight is 609 g/mol. The second kappa shape index (κ2) is 10.6. The number of pyridine rings is 1. The van der Waals surface area contributed by atoms with Gasteiger partial charge in [-0.05, 0) is 45.0 Å². The van der Waals surface area contributed by atoms with Crippen LogP contribution < -0.4 is 9.64 Å². The van der Waals surface area contributed by atoms with Gasteiger partial charge in [-0.15, -0.1) is 0 Å². The number of hydrogen-bond donors (Lipinski definition) is 0. The van der Waals surface area contributed by atoms with Crippen molar-refractivity contribution in [1.82, 2.24) is 24.8 Å². The molecule has 8 nitrogen and oxygen atoms in total. The Bertz CT molecular complexity index is 1800. The Morgan fingerprint density at radius 3 is 2.77 bits per heavy atom. The van der Waals surface area contributed by atoms with Gasteiger partial charge in [-0.2, -0.15) is 9.97 Å². The quantitative estimate of drug-likeness (QED) is 0.267. The number of rotatable bonds is 6. The summed E-state index contributed by atoms with van der Waals surface area (Å²) in [6.45, 7) is 5.06. The number of carbonyl (C=O) groups excluding carboxylic acids is 1. The normalized spacial score (nSPS) is 21.8. The second-order valence-electron chi connectivity index (χ2n) is 11.4. The van der Waals surface area contributed by atoms with E-state index in [4.69, 9.17) is 16.3 Å². The van der Waals surface area contributed by atoms with E-state index in [1.54, 1.807) is 24.4 Å². The van der Waals surface area contributed by atoms with Gasteiger partial charge in [0, 0.05) is 58.3 Å². The molecular formula is C31H28ClF3N6O2. The maximum Gasteiger partial charge on any atom is 0.319 e. The lowest BCUT2D eigenvalue weighted by molar-refractivity contribution is -0.130. The number of amides is 1. The fraction of sp³-hybridized carbons (Fsp3) is 0.355. The third kappa shape index (κ3) is 4.56. The molecule has 43 heavy (non-hydrogen) atoms. The molecule has 5 heterocycles. The lowest BCUT2D eigenvalue weighted by Crippen LogP contribution is -2.63. The van der Waals surface area contributed by atoms with Gasteiger partial charge in [-0.3, -0.25) is 9.78 Å².